The lowest BCUT2D eigenvalue weighted by Gasteiger charge is -2.14. The number of aromatic nitrogens is 3. The topological polar surface area (TPSA) is 85.8 Å². The van der Waals surface area contributed by atoms with Gasteiger partial charge >= 0.3 is 0 Å². The molecule has 0 spiro atoms. The maximum atomic E-state index is 12.0. The molecule has 0 aliphatic carbocycles. The summed E-state index contributed by atoms with van der Waals surface area (Å²) in [6.45, 7) is 4.09. The highest BCUT2D eigenvalue weighted by Gasteiger charge is 2.15. The van der Waals surface area contributed by atoms with Crippen molar-refractivity contribution >= 4 is 22.4 Å². The van der Waals surface area contributed by atoms with Gasteiger partial charge in [0.1, 0.15) is 11.9 Å². The largest absolute Gasteiger partial charge is 0.375 e. The predicted molar refractivity (Wildman–Crippen MR) is 70.0 cm³/mol. The summed E-state index contributed by atoms with van der Waals surface area (Å²) in [4.78, 5) is 20.1. The number of nitrogens with zero attached hydrogens (tertiary/aromatic N) is 3. The van der Waals surface area contributed by atoms with E-state index in [2.05, 4.69) is 15.3 Å². The van der Waals surface area contributed by atoms with Crippen LogP contribution in [0.1, 0.15) is 24.5 Å². The van der Waals surface area contributed by atoms with E-state index in [0.29, 0.717) is 11.7 Å². The van der Waals surface area contributed by atoms with Crippen molar-refractivity contribution in [2.75, 3.05) is 5.73 Å². The number of rotatable bonds is 4. The van der Waals surface area contributed by atoms with E-state index < -0.39 is 0 Å². The maximum absolute atomic E-state index is 12.0. The first-order chi connectivity index (χ1) is 8.58. The Bertz CT molecular complexity index is 547. The number of nitrogens with two attached hydrogens (primary N) is 1. The molecule has 0 saturated heterocycles. The van der Waals surface area contributed by atoms with E-state index >= 15 is 0 Å². The molecule has 0 aromatic carbocycles. The van der Waals surface area contributed by atoms with Crippen molar-refractivity contribution in [3.05, 3.63) is 29.3 Å². The zero-order chi connectivity index (χ0) is 13.1. The second-order valence-corrected chi connectivity index (χ2v) is 4.84. The zero-order valence-electron chi connectivity index (χ0n) is 10.3. The Labute approximate surface area is 109 Å². The van der Waals surface area contributed by atoms with Crippen LogP contribution < -0.4 is 11.1 Å². The summed E-state index contributed by atoms with van der Waals surface area (Å²) in [7, 11) is 0. The van der Waals surface area contributed by atoms with Crippen LogP contribution in [0.15, 0.2) is 17.8 Å². The van der Waals surface area contributed by atoms with E-state index in [0.717, 1.165) is 11.5 Å². The van der Waals surface area contributed by atoms with Gasteiger partial charge in [-0.15, -0.1) is 11.3 Å². The summed E-state index contributed by atoms with van der Waals surface area (Å²) >= 11 is 1.36. The van der Waals surface area contributed by atoms with Gasteiger partial charge in [-0.2, -0.15) is 0 Å². The van der Waals surface area contributed by atoms with Crippen LogP contribution in [0.4, 0.5) is 5.13 Å². The molecular weight excluding hydrogens is 250 g/mol. The van der Waals surface area contributed by atoms with Gasteiger partial charge in [-0.25, -0.2) is 9.97 Å². The van der Waals surface area contributed by atoms with Crippen molar-refractivity contribution in [1.29, 1.82) is 0 Å². The fraction of sp³-hybridized carbons (Fsp3) is 0.364. The Morgan fingerprint density at radius 1 is 1.67 bits per heavy atom. The lowest BCUT2D eigenvalue weighted by molar-refractivity contribution is -0.124. The van der Waals surface area contributed by atoms with Crippen molar-refractivity contribution < 1.29 is 4.79 Å². The van der Waals surface area contributed by atoms with Gasteiger partial charge in [0.25, 0.3) is 0 Å². The van der Waals surface area contributed by atoms with Gasteiger partial charge in [0, 0.05) is 17.8 Å². The molecule has 2 aromatic rings. The maximum Gasteiger partial charge on any atom is 0.243 e. The highest BCUT2D eigenvalue weighted by molar-refractivity contribution is 7.13. The molecule has 7 heteroatoms. The van der Waals surface area contributed by atoms with Crippen LogP contribution in [0.2, 0.25) is 0 Å². The number of thiazole rings is 1. The quantitative estimate of drug-likeness (QED) is 0.867. The van der Waals surface area contributed by atoms with Crippen LogP contribution in [0.5, 0.6) is 0 Å². The van der Waals surface area contributed by atoms with Crippen molar-refractivity contribution in [2.24, 2.45) is 0 Å². The molecule has 0 saturated carbocycles. The van der Waals surface area contributed by atoms with Crippen molar-refractivity contribution in [2.45, 2.75) is 26.4 Å². The van der Waals surface area contributed by atoms with Gasteiger partial charge in [-0.05, 0) is 13.8 Å². The van der Waals surface area contributed by atoms with Crippen molar-refractivity contribution in [3.8, 4) is 0 Å². The van der Waals surface area contributed by atoms with Gasteiger partial charge in [-0.3, -0.25) is 4.79 Å². The van der Waals surface area contributed by atoms with Gasteiger partial charge in [0.05, 0.1) is 12.2 Å². The number of hydrogen-bond acceptors (Lipinski definition) is 5. The second kappa shape index (κ2) is 5.18. The standard InChI is InChI=1S/C11H15N5OS/c1-7(16-4-3-13-8(16)2)10(17)14-5-9-6-18-11(12)15-9/h3-4,6-7H,5H2,1-2H3,(H2,12,15)(H,14,17)/t7-/m1/s1. The Balaban J connectivity index is 1.94. The van der Waals surface area contributed by atoms with Crippen molar-refractivity contribution in [1.82, 2.24) is 19.9 Å². The molecule has 2 rings (SSSR count). The number of nitrogens with one attached hydrogen (secondary N) is 1. The third-order valence-corrected chi connectivity index (χ3v) is 3.39. The number of carbonyl (C=O) groups is 1. The molecule has 2 heterocycles. The summed E-state index contributed by atoms with van der Waals surface area (Å²) in [5.41, 5.74) is 6.30. The Morgan fingerprint density at radius 3 is 3.00 bits per heavy atom. The summed E-state index contributed by atoms with van der Waals surface area (Å²) in [6.07, 6.45) is 3.47. The molecule has 6 nitrogen and oxygen atoms in total. The smallest absolute Gasteiger partial charge is 0.243 e. The average Bonchev–Trinajstić information content (AvgIpc) is 2.94. The number of carbonyl (C=O) groups excluding carboxylic acids is 1. The summed E-state index contributed by atoms with van der Waals surface area (Å²) in [5, 5.41) is 5.18. The van der Waals surface area contributed by atoms with Gasteiger partial charge in [-0.1, -0.05) is 0 Å². The van der Waals surface area contributed by atoms with Crippen LogP contribution in [0, 0.1) is 6.92 Å². The molecule has 0 aliphatic heterocycles. The lowest BCUT2D eigenvalue weighted by Crippen LogP contribution is -2.30. The fourth-order valence-corrected chi connectivity index (χ4v) is 2.22. The van der Waals surface area contributed by atoms with Crippen LogP contribution in [-0.2, 0) is 11.3 Å². The third-order valence-electron chi connectivity index (χ3n) is 2.67. The molecule has 1 atom stereocenters. The normalized spacial score (nSPS) is 12.3. The SMILES string of the molecule is Cc1nccn1[C@H](C)C(=O)NCc1csc(N)n1. The number of hydrogen-bond donors (Lipinski definition) is 2. The minimum atomic E-state index is -0.288. The average molecular weight is 265 g/mol. The number of anilines is 1. The van der Waals surface area contributed by atoms with Crippen LogP contribution >= 0.6 is 11.3 Å². The number of amides is 1. The molecule has 2 aromatic heterocycles. The predicted octanol–water partition coefficient (Wildman–Crippen LogP) is 1.11. The van der Waals surface area contributed by atoms with Crippen LogP contribution in [0.3, 0.4) is 0 Å². The molecule has 3 N–H and O–H groups in total. The first-order valence-electron chi connectivity index (χ1n) is 5.55. The monoisotopic (exact) mass is 265 g/mol. The Hall–Kier alpha value is -1.89. The molecule has 96 valence electrons. The lowest BCUT2D eigenvalue weighted by atomic mass is 10.3. The second-order valence-electron chi connectivity index (χ2n) is 3.95. The van der Waals surface area contributed by atoms with E-state index in [1.807, 2.05) is 23.8 Å². The zero-order valence-corrected chi connectivity index (χ0v) is 11.1. The van der Waals surface area contributed by atoms with Gasteiger partial charge in [0.15, 0.2) is 5.13 Å². The van der Waals surface area contributed by atoms with Crippen LogP contribution in [0.25, 0.3) is 0 Å². The molecule has 18 heavy (non-hydrogen) atoms. The first-order valence-corrected chi connectivity index (χ1v) is 6.43. The number of aryl methyl sites for hydroxylation is 1. The molecule has 0 radical (unpaired) electrons. The fourth-order valence-electron chi connectivity index (χ4n) is 1.65. The molecule has 0 bridgehead atoms. The number of imidazole rings is 1. The van der Waals surface area contributed by atoms with E-state index in [9.17, 15) is 4.79 Å². The molecule has 0 unspecified atom stereocenters. The molecule has 0 aliphatic rings. The third kappa shape index (κ3) is 2.67. The Kier molecular flexibility index (Phi) is 3.61. The van der Waals surface area contributed by atoms with Crippen LogP contribution in [-0.4, -0.2) is 20.4 Å². The highest BCUT2D eigenvalue weighted by atomic mass is 32.1. The minimum absolute atomic E-state index is 0.0670. The summed E-state index contributed by atoms with van der Waals surface area (Å²) in [6, 6.07) is -0.288. The van der Waals surface area contributed by atoms with E-state index in [1.54, 1.807) is 12.4 Å². The number of nitrogen functional groups attached to an aromatic ring is 1. The van der Waals surface area contributed by atoms with Crippen molar-refractivity contribution in [3.63, 3.8) is 0 Å². The van der Waals surface area contributed by atoms with E-state index in [4.69, 9.17) is 5.73 Å². The van der Waals surface area contributed by atoms with Gasteiger partial charge in [0.2, 0.25) is 5.91 Å². The molecular formula is C11H15N5OS. The van der Waals surface area contributed by atoms with Gasteiger partial charge < -0.3 is 15.6 Å². The van der Waals surface area contributed by atoms with E-state index in [1.165, 1.54) is 11.3 Å². The Morgan fingerprint density at radius 2 is 2.44 bits per heavy atom. The molecule has 1 amide bonds. The minimum Gasteiger partial charge on any atom is -0.375 e. The van der Waals surface area contributed by atoms with E-state index in [-0.39, 0.29) is 11.9 Å². The molecule has 0 fully saturated rings. The first kappa shape index (κ1) is 12.6. The highest BCUT2D eigenvalue weighted by Crippen LogP contribution is 2.12. The summed E-state index contributed by atoms with van der Waals surface area (Å²) in [5.74, 6) is 0.748. The summed E-state index contributed by atoms with van der Waals surface area (Å²) < 4.78 is 1.82.